The average molecular weight is 272 g/mol. The van der Waals surface area contributed by atoms with Crippen LogP contribution < -0.4 is 10.1 Å². The Kier molecular flexibility index (Phi) is 5.01. The van der Waals surface area contributed by atoms with Gasteiger partial charge in [-0.25, -0.2) is 9.97 Å². The fraction of sp³-hybridized carbons (Fsp3) is 0.400. The number of ether oxygens (including phenoxy) is 1. The van der Waals surface area contributed by atoms with E-state index >= 15 is 0 Å². The number of nitrogens with one attached hydrogen (secondary N) is 1. The van der Waals surface area contributed by atoms with Gasteiger partial charge < -0.3 is 10.1 Å². The molecule has 0 aliphatic rings. The molecule has 0 aromatic carbocycles. The van der Waals surface area contributed by atoms with Crippen LogP contribution in [0.15, 0.2) is 30.7 Å². The van der Waals surface area contributed by atoms with E-state index in [9.17, 15) is 0 Å². The van der Waals surface area contributed by atoms with E-state index in [-0.39, 0.29) is 0 Å². The Labute approximate surface area is 119 Å². The minimum absolute atomic E-state index is 0.336. The second-order valence-electron chi connectivity index (χ2n) is 5.14. The molecule has 0 saturated heterocycles. The molecule has 0 aliphatic carbocycles. The monoisotopic (exact) mass is 272 g/mol. The average Bonchev–Trinajstić information content (AvgIpc) is 2.43. The lowest BCUT2D eigenvalue weighted by molar-refractivity contribution is 0.438. The molecule has 106 valence electrons. The van der Waals surface area contributed by atoms with Gasteiger partial charge in [-0.2, -0.15) is 0 Å². The molecule has 0 bridgehead atoms. The predicted octanol–water partition coefficient (Wildman–Crippen LogP) is 2.72. The van der Waals surface area contributed by atoms with Crippen LogP contribution in [0, 0.1) is 12.8 Å². The highest BCUT2D eigenvalue weighted by molar-refractivity contribution is 5.22. The Morgan fingerprint density at radius 2 is 1.85 bits per heavy atom. The summed E-state index contributed by atoms with van der Waals surface area (Å²) in [5.74, 6) is 1.27. The van der Waals surface area contributed by atoms with Crippen LogP contribution in [0.4, 0.5) is 0 Å². The molecule has 1 N–H and O–H groups in total. The Balaban J connectivity index is 1.89. The van der Waals surface area contributed by atoms with Gasteiger partial charge in [0, 0.05) is 30.2 Å². The van der Waals surface area contributed by atoms with Gasteiger partial charge in [-0.1, -0.05) is 13.8 Å². The number of aromatic nitrogens is 3. The molecule has 5 heteroatoms. The van der Waals surface area contributed by atoms with Gasteiger partial charge in [0.15, 0.2) is 0 Å². The fourth-order valence-corrected chi connectivity index (χ4v) is 1.61. The quantitative estimate of drug-likeness (QED) is 0.876. The lowest BCUT2D eigenvalue weighted by atomic mass is 10.2. The molecule has 0 unspecified atom stereocenters. The first kappa shape index (κ1) is 14.4. The van der Waals surface area contributed by atoms with E-state index in [0.717, 1.165) is 24.3 Å². The molecule has 5 nitrogen and oxygen atoms in total. The molecule has 2 aromatic rings. The highest BCUT2D eigenvalue weighted by Gasteiger charge is 2.02. The summed E-state index contributed by atoms with van der Waals surface area (Å²) in [5, 5.41) is 3.35. The summed E-state index contributed by atoms with van der Waals surface area (Å²) in [6.45, 7) is 8.03. The smallest absolute Gasteiger partial charge is 0.321 e. The first-order valence-electron chi connectivity index (χ1n) is 6.75. The topological polar surface area (TPSA) is 59.9 Å². The van der Waals surface area contributed by atoms with Crippen LogP contribution in [0.2, 0.25) is 0 Å². The van der Waals surface area contributed by atoms with Crippen LogP contribution >= 0.6 is 0 Å². The normalized spacial score (nSPS) is 10.8. The molecule has 2 aromatic heterocycles. The summed E-state index contributed by atoms with van der Waals surface area (Å²) in [7, 11) is 0. The summed E-state index contributed by atoms with van der Waals surface area (Å²) >= 11 is 0. The number of pyridine rings is 1. The Morgan fingerprint density at radius 3 is 2.45 bits per heavy atom. The number of aryl methyl sites for hydroxylation is 1. The Morgan fingerprint density at radius 1 is 1.10 bits per heavy atom. The maximum absolute atomic E-state index is 5.53. The second kappa shape index (κ2) is 6.96. The minimum atomic E-state index is 0.336. The van der Waals surface area contributed by atoms with Crippen LogP contribution in [0.1, 0.15) is 25.1 Å². The van der Waals surface area contributed by atoms with Crippen LogP contribution in [0.25, 0.3) is 0 Å². The molecule has 0 amide bonds. The first-order valence-corrected chi connectivity index (χ1v) is 6.75. The molecule has 0 spiro atoms. The van der Waals surface area contributed by atoms with Gasteiger partial charge in [0.25, 0.3) is 0 Å². The molecule has 0 fully saturated rings. The van der Waals surface area contributed by atoms with Crippen molar-refractivity contribution in [3.8, 4) is 11.8 Å². The van der Waals surface area contributed by atoms with Crippen molar-refractivity contribution in [1.82, 2.24) is 20.3 Å². The van der Waals surface area contributed by atoms with E-state index < -0.39 is 0 Å². The van der Waals surface area contributed by atoms with Gasteiger partial charge in [-0.3, -0.25) is 4.98 Å². The third-order valence-corrected chi connectivity index (χ3v) is 2.66. The fourth-order valence-electron chi connectivity index (χ4n) is 1.61. The Hall–Kier alpha value is -2.01. The highest BCUT2D eigenvalue weighted by Crippen LogP contribution is 2.15. The van der Waals surface area contributed by atoms with Gasteiger partial charge in [0.1, 0.15) is 5.75 Å². The van der Waals surface area contributed by atoms with Gasteiger partial charge in [-0.05, 0) is 31.5 Å². The van der Waals surface area contributed by atoms with Crippen molar-refractivity contribution in [2.75, 3.05) is 6.54 Å². The zero-order valence-corrected chi connectivity index (χ0v) is 12.1. The van der Waals surface area contributed by atoms with Crippen molar-refractivity contribution < 1.29 is 4.74 Å². The lowest BCUT2D eigenvalue weighted by Crippen LogP contribution is -2.19. The molecule has 0 radical (unpaired) electrons. The van der Waals surface area contributed by atoms with E-state index in [1.54, 1.807) is 18.6 Å². The van der Waals surface area contributed by atoms with Crippen LogP contribution in [0.5, 0.6) is 11.8 Å². The number of rotatable bonds is 6. The van der Waals surface area contributed by atoms with Crippen LogP contribution in [-0.2, 0) is 6.54 Å². The molecule has 0 saturated carbocycles. The number of hydrogen-bond acceptors (Lipinski definition) is 5. The first-order chi connectivity index (χ1) is 9.63. The zero-order valence-electron chi connectivity index (χ0n) is 12.1. The van der Waals surface area contributed by atoms with Crippen molar-refractivity contribution >= 4 is 0 Å². The van der Waals surface area contributed by atoms with Crippen LogP contribution in [-0.4, -0.2) is 21.5 Å². The van der Waals surface area contributed by atoms with E-state index in [1.807, 2.05) is 19.1 Å². The Bertz CT molecular complexity index is 523. The third kappa shape index (κ3) is 4.59. The standard InChI is InChI=1S/C15H20N4O/c1-11(2)6-16-7-13-8-18-15(19-9-13)20-14-5-4-12(3)17-10-14/h4-5,8-11,16H,6-7H2,1-3H3. The summed E-state index contributed by atoms with van der Waals surface area (Å²) < 4.78 is 5.53. The third-order valence-electron chi connectivity index (χ3n) is 2.66. The molecular weight excluding hydrogens is 252 g/mol. The van der Waals surface area contributed by atoms with E-state index in [2.05, 4.69) is 34.1 Å². The van der Waals surface area contributed by atoms with Crippen molar-refractivity contribution in [3.05, 3.63) is 42.0 Å². The van der Waals surface area contributed by atoms with Crippen molar-refractivity contribution in [3.63, 3.8) is 0 Å². The molecular formula is C15H20N4O. The number of hydrogen-bond donors (Lipinski definition) is 1. The summed E-state index contributed by atoms with van der Waals surface area (Å²) in [5.41, 5.74) is 1.99. The minimum Gasteiger partial charge on any atom is -0.423 e. The maximum Gasteiger partial charge on any atom is 0.321 e. The molecule has 0 aliphatic heterocycles. The van der Waals surface area contributed by atoms with E-state index in [4.69, 9.17) is 4.74 Å². The van der Waals surface area contributed by atoms with Crippen molar-refractivity contribution in [2.45, 2.75) is 27.3 Å². The second-order valence-corrected chi connectivity index (χ2v) is 5.14. The SMILES string of the molecule is Cc1ccc(Oc2ncc(CNCC(C)C)cn2)cn1. The summed E-state index contributed by atoms with van der Waals surface area (Å²) in [4.78, 5) is 12.5. The lowest BCUT2D eigenvalue weighted by Gasteiger charge is -2.07. The van der Waals surface area contributed by atoms with E-state index in [1.165, 1.54) is 0 Å². The van der Waals surface area contributed by atoms with Gasteiger partial charge in [0.05, 0.1) is 6.20 Å². The predicted molar refractivity (Wildman–Crippen MR) is 77.6 cm³/mol. The highest BCUT2D eigenvalue weighted by atomic mass is 16.5. The summed E-state index contributed by atoms with van der Waals surface area (Å²) in [6, 6.07) is 4.08. The number of nitrogens with zero attached hydrogens (tertiary/aromatic N) is 3. The van der Waals surface area contributed by atoms with Crippen molar-refractivity contribution in [2.24, 2.45) is 5.92 Å². The van der Waals surface area contributed by atoms with Gasteiger partial charge >= 0.3 is 6.01 Å². The molecule has 2 rings (SSSR count). The van der Waals surface area contributed by atoms with Gasteiger partial charge in [0.2, 0.25) is 0 Å². The zero-order chi connectivity index (χ0) is 14.4. The van der Waals surface area contributed by atoms with Gasteiger partial charge in [-0.15, -0.1) is 0 Å². The van der Waals surface area contributed by atoms with E-state index in [0.29, 0.717) is 17.7 Å². The molecule has 20 heavy (non-hydrogen) atoms. The van der Waals surface area contributed by atoms with Crippen LogP contribution in [0.3, 0.4) is 0 Å². The largest absolute Gasteiger partial charge is 0.423 e. The van der Waals surface area contributed by atoms with Crippen molar-refractivity contribution in [1.29, 1.82) is 0 Å². The molecule has 2 heterocycles. The maximum atomic E-state index is 5.53. The molecule has 0 atom stereocenters. The summed E-state index contributed by atoms with van der Waals surface area (Å²) in [6.07, 6.45) is 5.21.